The van der Waals surface area contributed by atoms with Crippen molar-refractivity contribution < 1.29 is 21.6 Å². The Morgan fingerprint density at radius 2 is 1.94 bits per heavy atom. The third-order valence-electron chi connectivity index (χ3n) is 4.81. The number of sulfonamides is 1. The molecule has 3 aromatic rings. The highest BCUT2D eigenvalue weighted by Crippen LogP contribution is 2.37. The Morgan fingerprint density at radius 3 is 2.62 bits per heavy atom. The van der Waals surface area contributed by atoms with Crippen molar-refractivity contribution >= 4 is 60.6 Å². The topological polar surface area (TPSA) is 75.8 Å². The highest BCUT2D eigenvalue weighted by Gasteiger charge is 2.32. The van der Waals surface area contributed by atoms with Crippen LogP contribution in [0, 0.1) is 0 Å². The lowest BCUT2D eigenvalue weighted by Crippen LogP contribution is -2.21. The molecule has 0 bridgehead atoms. The van der Waals surface area contributed by atoms with E-state index in [-0.39, 0.29) is 17.2 Å². The maximum Gasteiger partial charge on any atom is 0.417 e. The van der Waals surface area contributed by atoms with Gasteiger partial charge in [-0.3, -0.25) is 4.99 Å². The Kier molecular flexibility index (Phi) is 7.03. The lowest BCUT2D eigenvalue weighted by Gasteiger charge is -2.10. The zero-order valence-corrected chi connectivity index (χ0v) is 20.7. The van der Waals surface area contributed by atoms with Crippen molar-refractivity contribution in [1.29, 1.82) is 0 Å². The van der Waals surface area contributed by atoms with Crippen molar-refractivity contribution in [1.82, 2.24) is 14.1 Å². The molecule has 0 radical (unpaired) electrons. The van der Waals surface area contributed by atoms with E-state index in [0.29, 0.717) is 44.8 Å². The number of fused-ring (bicyclic) bond motifs is 1. The molecule has 0 unspecified atom stereocenters. The number of pyridine rings is 1. The fourth-order valence-electron chi connectivity index (χ4n) is 3.22. The second kappa shape index (κ2) is 9.54. The van der Waals surface area contributed by atoms with E-state index in [1.807, 2.05) is 6.08 Å². The van der Waals surface area contributed by atoms with E-state index >= 15 is 0 Å². The van der Waals surface area contributed by atoms with Crippen molar-refractivity contribution in [2.24, 2.45) is 4.99 Å². The second-order valence-electron chi connectivity index (χ2n) is 7.48. The molecule has 1 aliphatic rings. The lowest BCUT2D eigenvalue weighted by atomic mass is 10.1. The van der Waals surface area contributed by atoms with Crippen LogP contribution in [-0.4, -0.2) is 35.6 Å². The molecule has 0 fully saturated rings. The van der Waals surface area contributed by atoms with Gasteiger partial charge in [-0.05, 0) is 24.1 Å². The number of hydrogen-bond acceptors (Lipinski definition) is 5. The van der Waals surface area contributed by atoms with Crippen LogP contribution in [0.2, 0.25) is 10.0 Å². The zero-order chi connectivity index (χ0) is 24.7. The standard InChI is InChI=1S/C21H17Cl2F3N4O2S2/c1-34(31,32)28-9-12-4-5-14(15(22)7-12)20-27-6-2-3-18(33-20)17-11-30-10-13(21(24,25)26)8-16(23)19(30)29-17/h3-5,7-8,10-11,28H,2,6,9H2,1H3. The van der Waals surface area contributed by atoms with Crippen molar-refractivity contribution in [3.8, 4) is 0 Å². The summed E-state index contributed by atoms with van der Waals surface area (Å²) in [4.78, 5) is 9.73. The minimum Gasteiger partial charge on any atom is -0.305 e. The van der Waals surface area contributed by atoms with Gasteiger partial charge in [0.05, 0.1) is 27.6 Å². The van der Waals surface area contributed by atoms with E-state index in [1.54, 1.807) is 18.2 Å². The fourth-order valence-corrected chi connectivity index (χ4v) is 5.32. The maximum atomic E-state index is 13.2. The molecular weight excluding hydrogens is 532 g/mol. The van der Waals surface area contributed by atoms with Gasteiger partial charge in [-0.25, -0.2) is 18.1 Å². The molecule has 34 heavy (non-hydrogen) atoms. The molecule has 0 aliphatic carbocycles. The van der Waals surface area contributed by atoms with Gasteiger partial charge in [-0.2, -0.15) is 13.2 Å². The summed E-state index contributed by atoms with van der Waals surface area (Å²) in [5.41, 5.74) is 1.16. The molecule has 0 saturated carbocycles. The highest BCUT2D eigenvalue weighted by molar-refractivity contribution is 8.22. The van der Waals surface area contributed by atoms with Gasteiger partial charge in [0.15, 0.2) is 5.65 Å². The normalized spacial score (nSPS) is 15.2. The predicted molar refractivity (Wildman–Crippen MR) is 130 cm³/mol. The molecule has 0 amide bonds. The highest BCUT2D eigenvalue weighted by atomic mass is 35.5. The van der Waals surface area contributed by atoms with Gasteiger partial charge in [-0.1, -0.05) is 53.2 Å². The van der Waals surface area contributed by atoms with Gasteiger partial charge in [0.1, 0.15) is 5.04 Å². The van der Waals surface area contributed by atoms with Gasteiger partial charge in [-0.15, -0.1) is 0 Å². The van der Waals surface area contributed by atoms with Gasteiger partial charge in [0.2, 0.25) is 10.0 Å². The average molecular weight is 549 g/mol. The van der Waals surface area contributed by atoms with E-state index in [4.69, 9.17) is 23.2 Å². The van der Waals surface area contributed by atoms with E-state index in [0.717, 1.165) is 18.5 Å². The lowest BCUT2D eigenvalue weighted by molar-refractivity contribution is -0.137. The molecule has 3 heterocycles. The quantitative estimate of drug-likeness (QED) is 0.448. The first-order chi connectivity index (χ1) is 15.9. The Hall–Kier alpha value is -2.05. The number of nitrogens with zero attached hydrogens (tertiary/aromatic N) is 3. The zero-order valence-electron chi connectivity index (χ0n) is 17.5. The molecule has 180 valence electrons. The second-order valence-corrected chi connectivity index (χ2v) is 11.2. The van der Waals surface area contributed by atoms with Crippen molar-refractivity contribution in [3.63, 3.8) is 0 Å². The average Bonchev–Trinajstić information content (AvgIpc) is 3.02. The molecule has 1 aromatic carbocycles. The molecular formula is C21H17Cl2F3N4O2S2. The van der Waals surface area contributed by atoms with E-state index < -0.39 is 21.8 Å². The van der Waals surface area contributed by atoms with Crippen LogP contribution in [0.5, 0.6) is 0 Å². The van der Waals surface area contributed by atoms with Crippen LogP contribution in [0.15, 0.2) is 47.7 Å². The number of benzene rings is 1. The largest absolute Gasteiger partial charge is 0.417 e. The molecule has 13 heteroatoms. The van der Waals surface area contributed by atoms with Gasteiger partial charge >= 0.3 is 6.18 Å². The Bertz CT molecular complexity index is 1430. The molecule has 1 aliphatic heterocycles. The summed E-state index contributed by atoms with van der Waals surface area (Å²) >= 11 is 13.8. The number of thioether (sulfide) groups is 1. The summed E-state index contributed by atoms with van der Waals surface area (Å²) in [5, 5.41) is 0.916. The van der Waals surface area contributed by atoms with Crippen LogP contribution < -0.4 is 4.72 Å². The number of hydrogen-bond donors (Lipinski definition) is 1. The number of aromatic nitrogens is 2. The van der Waals surface area contributed by atoms with Crippen molar-refractivity contribution in [2.45, 2.75) is 19.1 Å². The number of halogens is 5. The number of rotatable bonds is 5. The first-order valence-electron chi connectivity index (χ1n) is 9.82. The smallest absolute Gasteiger partial charge is 0.305 e. The molecule has 0 spiro atoms. The summed E-state index contributed by atoms with van der Waals surface area (Å²) in [6, 6.07) is 6.03. The SMILES string of the molecule is CS(=O)(=O)NCc1ccc(C2=NCCC=C(c3cn4cc(C(F)(F)F)cc(Cl)c4n3)S2)c(Cl)c1. The van der Waals surface area contributed by atoms with E-state index in [1.165, 1.54) is 22.4 Å². The minimum atomic E-state index is -4.53. The number of aliphatic imine (C=N–C) groups is 1. The summed E-state index contributed by atoms with van der Waals surface area (Å²) in [5.74, 6) is 0. The summed E-state index contributed by atoms with van der Waals surface area (Å²) in [6.45, 7) is 0.595. The minimum absolute atomic E-state index is 0.101. The predicted octanol–water partition coefficient (Wildman–Crippen LogP) is 5.63. The molecule has 6 nitrogen and oxygen atoms in total. The summed E-state index contributed by atoms with van der Waals surface area (Å²) < 4.78 is 65.8. The van der Waals surface area contributed by atoms with Crippen molar-refractivity contribution in [3.05, 3.63) is 75.2 Å². The number of alkyl halides is 3. The first-order valence-corrected chi connectivity index (χ1v) is 13.3. The monoisotopic (exact) mass is 548 g/mol. The number of nitrogens with one attached hydrogen (secondary N) is 1. The first kappa shape index (κ1) is 25.1. The van der Waals surface area contributed by atoms with Crippen LogP contribution in [0.4, 0.5) is 13.2 Å². The van der Waals surface area contributed by atoms with Gasteiger partial charge in [0, 0.05) is 36.0 Å². The van der Waals surface area contributed by atoms with Crippen molar-refractivity contribution in [2.75, 3.05) is 12.8 Å². The Labute approximate surface area is 207 Å². The molecule has 1 N–H and O–H groups in total. The Morgan fingerprint density at radius 1 is 1.18 bits per heavy atom. The summed E-state index contributed by atoms with van der Waals surface area (Å²) in [6.07, 6.45) is 1.52. The number of imidazole rings is 1. The summed E-state index contributed by atoms with van der Waals surface area (Å²) in [7, 11) is -3.34. The van der Waals surface area contributed by atoms with Crippen LogP contribution in [0.25, 0.3) is 10.6 Å². The van der Waals surface area contributed by atoms with Crippen LogP contribution in [0.1, 0.15) is 28.8 Å². The third-order valence-corrected chi connectivity index (χ3v) is 7.21. The fraction of sp³-hybridized carbons (Fsp3) is 0.238. The van der Waals surface area contributed by atoms with E-state index in [2.05, 4.69) is 14.7 Å². The molecule has 4 rings (SSSR count). The Balaban J connectivity index is 1.62. The third kappa shape index (κ3) is 5.77. The molecule has 2 aromatic heterocycles. The molecule has 0 atom stereocenters. The van der Waals surface area contributed by atoms with Crippen LogP contribution >= 0.6 is 35.0 Å². The van der Waals surface area contributed by atoms with Crippen LogP contribution in [-0.2, 0) is 22.7 Å². The van der Waals surface area contributed by atoms with Gasteiger partial charge < -0.3 is 4.40 Å². The maximum absolute atomic E-state index is 13.2. The van der Waals surface area contributed by atoms with Crippen LogP contribution in [0.3, 0.4) is 0 Å². The van der Waals surface area contributed by atoms with Gasteiger partial charge in [0.25, 0.3) is 0 Å². The van der Waals surface area contributed by atoms with E-state index in [9.17, 15) is 21.6 Å². The molecule has 0 saturated heterocycles.